The van der Waals surface area contributed by atoms with Crippen molar-refractivity contribution < 1.29 is 4.92 Å². The first-order chi connectivity index (χ1) is 10.2. The van der Waals surface area contributed by atoms with Crippen LogP contribution in [0.1, 0.15) is 5.56 Å². The first-order valence-corrected chi connectivity index (χ1v) is 6.80. The number of nitrogens with one attached hydrogen (secondary N) is 1. The maximum absolute atomic E-state index is 10.8. The first kappa shape index (κ1) is 13.1. The molecule has 2 aromatic carbocycles. The highest BCUT2D eigenvalue weighted by Gasteiger charge is 2.14. The van der Waals surface area contributed by atoms with Gasteiger partial charge in [-0.3, -0.25) is 10.1 Å². The third-order valence-electron chi connectivity index (χ3n) is 2.87. The molecule has 0 spiro atoms. The molecule has 0 fully saturated rings. The van der Waals surface area contributed by atoms with Crippen molar-refractivity contribution in [3.8, 4) is 6.07 Å². The number of fused-ring (bicyclic) bond motifs is 1. The van der Waals surface area contributed by atoms with Gasteiger partial charge in [0, 0.05) is 11.0 Å². The number of rotatable bonds is 3. The fraction of sp³-hybridized carbons (Fsp3) is 0. The highest BCUT2D eigenvalue weighted by molar-refractivity contribution is 7.99. The lowest BCUT2D eigenvalue weighted by atomic mass is 10.2. The molecule has 21 heavy (non-hydrogen) atoms. The summed E-state index contributed by atoms with van der Waals surface area (Å²) in [5.41, 5.74) is 1.62. The van der Waals surface area contributed by atoms with E-state index in [1.165, 1.54) is 23.9 Å². The molecule has 0 bridgehead atoms. The van der Waals surface area contributed by atoms with Gasteiger partial charge >= 0.3 is 0 Å². The summed E-state index contributed by atoms with van der Waals surface area (Å²) in [7, 11) is 0. The van der Waals surface area contributed by atoms with Crippen LogP contribution in [0.15, 0.2) is 52.5 Å². The number of nitro benzene ring substituents is 1. The SMILES string of the molecule is N#Cc1cc(Sc2nc3ccccc3[nH]2)ccc1[N+](=O)[O-]. The van der Waals surface area contributed by atoms with E-state index in [0.717, 1.165) is 15.9 Å². The molecule has 3 aromatic rings. The molecule has 102 valence electrons. The van der Waals surface area contributed by atoms with Crippen molar-refractivity contribution in [2.75, 3.05) is 0 Å². The Kier molecular flexibility index (Phi) is 3.30. The third kappa shape index (κ3) is 2.57. The summed E-state index contributed by atoms with van der Waals surface area (Å²) < 4.78 is 0. The van der Waals surface area contributed by atoms with Crippen LogP contribution in [0.3, 0.4) is 0 Å². The molecule has 0 aliphatic carbocycles. The van der Waals surface area contributed by atoms with E-state index in [9.17, 15) is 10.1 Å². The lowest BCUT2D eigenvalue weighted by molar-refractivity contribution is -0.385. The van der Waals surface area contributed by atoms with Gasteiger partial charge in [0.05, 0.1) is 16.0 Å². The zero-order chi connectivity index (χ0) is 14.8. The predicted octanol–water partition coefficient (Wildman–Crippen LogP) is 3.49. The fourth-order valence-electron chi connectivity index (χ4n) is 1.92. The van der Waals surface area contributed by atoms with Gasteiger partial charge in [-0.05, 0) is 24.3 Å². The summed E-state index contributed by atoms with van der Waals surface area (Å²) in [4.78, 5) is 18.5. The Morgan fingerprint density at radius 2 is 2.10 bits per heavy atom. The number of hydrogen-bond acceptors (Lipinski definition) is 5. The third-order valence-corrected chi connectivity index (χ3v) is 3.74. The predicted molar refractivity (Wildman–Crippen MR) is 78.0 cm³/mol. The summed E-state index contributed by atoms with van der Waals surface area (Å²) >= 11 is 1.32. The van der Waals surface area contributed by atoms with Crippen molar-refractivity contribution in [3.63, 3.8) is 0 Å². The van der Waals surface area contributed by atoms with Crippen molar-refractivity contribution >= 4 is 28.5 Å². The highest BCUT2D eigenvalue weighted by atomic mass is 32.2. The summed E-state index contributed by atoms with van der Waals surface area (Å²) in [6.45, 7) is 0. The van der Waals surface area contributed by atoms with Gasteiger partial charge in [-0.25, -0.2) is 4.98 Å². The second-order valence-corrected chi connectivity index (χ2v) is 5.27. The van der Waals surface area contributed by atoms with Gasteiger partial charge in [-0.2, -0.15) is 5.26 Å². The van der Waals surface area contributed by atoms with Gasteiger partial charge in [0.25, 0.3) is 5.69 Å². The molecule has 6 nitrogen and oxygen atoms in total. The highest BCUT2D eigenvalue weighted by Crippen LogP contribution is 2.30. The van der Waals surface area contributed by atoms with Crippen LogP contribution in [0.4, 0.5) is 5.69 Å². The first-order valence-electron chi connectivity index (χ1n) is 5.98. The van der Waals surface area contributed by atoms with Crippen LogP contribution < -0.4 is 0 Å². The molecule has 0 atom stereocenters. The van der Waals surface area contributed by atoms with Crippen LogP contribution in [0.5, 0.6) is 0 Å². The van der Waals surface area contributed by atoms with Crippen molar-refractivity contribution in [1.29, 1.82) is 5.26 Å². The summed E-state index contributed by atoms with van der Waals surface area (Å²) in [5.74, 6) is 0. The number of aromatic nitrogens is 2. The maximum atomic E-state index is 10.8. The number of aromatic amines is 1. The van der Waals surface area contributed by atoms with Crippen LogP contribution >= 0.6 is 11.8 Å². The van der Waals surface area contributed by atoms with Gasteiger partial charge in [0.15, 0.2) is 5.16 Å². The molecular weight excluding hydrogens is 288 g/mol. The van der Waals surface area contributed by atoms with Gasteiger partial charge in [-0.15, -0.1) is 0 Å². The van der Waals surface area contributed by atoms with Crippen LogP contribution in [0.25, 0.3) is 11.0 Å². The minimum Gasteiger partial charge on any atom is -0.333 e. The molecule has 1 N–H and O–H groups in total. The molecule has 3 rings (SSSR count). The summed E-state index contributed by atoms with van der Waals surface area (Å²) in [6, 6.07) is 13.9. The number of imidazole rings is 1. The van der Waals surface area contributed by atoms with Crippen molar-refractivity contribution in [2.45, 2.75) is 10.1 Å². The summed E-state index contributed by atoms with van der Waals surface area (Å²) in [6.07, 6.45) is 0. The standard InChI is InChI=1S/C14H8N4O2S/c15-8-9-7-10(5-6-13(9)18(19)20)21-14-16-11-3-1-2-4-12(11)17-14/h1-7H,(H,16,17). The molecule has 0 radical (unpaired) electrons. The van der Waals surface area contributed by atoms with Gasteiger partial charge in [0.1, 0.15) is 11.6 Å². The Labute approximate surface area is 123 Å². The zero-order valence-electron chi connectivity index (χ0n) is 10.6. The molecule has 0 aliphatic heterocycles. The summed E-state index contributed by atoms with van der Waals surface area (Å²) in [5, 5.41) is 20.5. The Balaban J connectivity index is 1.94. The van der Waals surface area contributed by atoms with Gasteiger partial charge < -0.3 is 4.98 Å². The number of nitrogens with zero attached hydrogens (tertiary/aromatic N) is 3. The van der Waals surface area contributed by atoms with E-state index in [2.05, 4.69) is 9.97 Å². The molecule has 0 aliphatic rings. The molecule has 7 heteroatoms. The second kappa shape index (κ2) is 5.26. The number of H-pyrrole nitrogens is 1. The van der Waals surface area contributed by atoms with Crippen LogP contribution in [-0.2, 0) is 0 Å². The molecular formula is C14H8N4O2S. The average Bonchev–Trinajstić information content (AvgIpc) is 2.88. The second-order valence-electron chi connectivity index (χ2n) is 4.21. The van der Waals surface area contributed by atoms with Gasteiger partial charge in [-0.1, -0.05) is 23.9 Å². The van der Waals surface area contributed by atoms with Crippen molar-refractivity contribution in [3.05, 3.63) is 58.1 Å². The zero-order valence-corrected chi connectivity index (χ0v) is 11.4. The number of para-hydroxylation sites is 2. The molecule has 1 heterocycles. The number of nitro groups is 1. The Morgan fingerprint density at radius 3 is 2.81 bits per heavy atom. The lowest BCUT2D eigenvalue weighted by Crippen LogP contribution is -1.92. The van der Waals surface area contributed by atoms with E-state index in [0.29, 0.717) is 5.16 Å². The monoisotopic (exact) mass is 296 g/mol. The van der Waals surface area contributed by atoms with Crippen molar-refractivity contribution in [1.82, 2.24) is 9.97 Å². The van der Waals surface area contributed by atoms with Crippen molar-refractivity contribution in [2.24, 2.45) is 0 Å². The molecule has 0 unspecified atom stereocenters. The van der Waals surface area contributed by atoms with Gasteiger partial charge in [0.2, 0.25) is 0 Å². The van der Waals surface area contributed by atoms with E-state index < -0.39 is 4.92 Å². The molecule has 0 saturated heterocycles. The number of nitriles is 1. The van der Waals surface area contributed by atoms with E-state index in [1.54, 1.807) is 6.07 Å². The minimum absolute atomic E-state index is 0.0427. The van der Waals surface area contributed by atoms with Crippen LogP contribution in [0, 0.1) is 21.4 Å². The quantitative estimate of drug-likeness (QED) is 0.589. The topological polar surface area (TPSA) is 95.6 Å². The lowest BCUT2D eigenvalue weighted by Gasteiger charge is -1.99. The molecule has 0 amide bonds. The minimum atomic E-state index is -0.561. The average molecular weight is 296 g/mol. The Hall–Kier alpha value is -2.85. The number of hydrogen-bond donors (Lipinski definition) is 1. The van der Waals surface area contributed by atoms with Crippen LogP contribution in [-0.4, -0.2) is 14.9 Å². The van der Waals surface area contributed by atoms with E-state index in [1.807, 2.05) is 30.3 Å². The fourth-order valence-corrected chi connectivity index (χ4v) is 2.76. The molecule has 0 saturated carbocycles. The number of benzene rings is 2. The van der Waals surface area contributed by atoms with Crippen LogP contribution in [0.2, 0.25) is 0 Å². The largest absolute Gasteiger partial charge is 0.333 e. The normalized spacial score (nSPS) is 10.4. The van der Waals surface area contributed by atoms with E-state index in [-0.39, 0.29) is 11.3 Å². The maximum Gasteiger partial charge on any atom is 0.287 e. The van der Waals surface area contributed by atoms with E-state index in [4.69, 9.17) is 5.26 Å². The Morgan fingerprint density at radius 1 is 1.29 bits per heavy atom. The smallest absolute Gasteiger partial charge is 0.287 e. The Bertz CT molecular complexity index is 849. The van der Waals surface area contributed by atoms with E-state index >= 15 is 0 Å². The molecule has 1 aromatic heterocycles.